The summed E-state index contributed by atoms with van der Waals surface area (Å²) in [6, 6.07) is 10.6. The number of carbonyl (C=O) groups is 1. The molecule has 0 aromatic heterocycles. The molecule has 0 radical (unpaired) electrons. The Hall–Kier alpha value is -2.25. The smallest absolute Gasteiger partial charge is 0.307 e. The van der Waals surface area contributed by atoms with Gasteiger partial charge in [0.2, 0.25) is 10.0 Å². The van der Waals surface area contributed by atoms with E-state index in [1.807, 2.05) is 25.1 Å². The maximum atomic E-state index is 13.1. The van der Waals surface area contributed by atoms with Crippen LogP contribution >= 0.6 is 0 Å². The number of aryl methyl sites for hydroxylation is 1. The highest BCUT2D eigenvalue weighted by Crippen LogP contribution is 2.31. The summed E-state index contributed by atoms with van der Waals surface area (Å²) in [7, 11) is -3.68. The lowest BCUT2D eigenvalue weighted by molar-refractivity contribution is -0.136. The summed E-state index contributed by atoms with van der Waals surface area (Å²) in [5, 5.41) is 9.07. The van der Waals surface area contributed by atoms with Crippen molar-refractivity contribution in [2.75, 3.05) is 13.1 Å². The summed E-state index contributed by atoms with van der Waals surface area (Å²) < 4.78 is 40.3. The molecule has 1 N–H and O–H groups in total. The van der Waals surface area contributed by atoms with Gasteiger partial charge in [0.05, 0.1) is 11.3 Å². The van der Waals surface area contributed by atoms with E-state index in [4.69, 9.17) is 5.11 Å². The molecule has 1 aliphatic heterocycles. The van der Waals surface area contributed by atoms with Gasteiger partial charge in [0.1, 0.15) is 5.82 Å². The van der Waals surface area contributed by atoms with E-state index in [1.54, 1.807) is 0 Å². The first-order valence-corrected chi connectivity index (χ1v) is 10.3. The van der Waals surface area contributed by atoms with E-state index in [0.717, 1.165) is 35.2 Å². The molecule has 0 saturated carbocycles. The minimum Gasteiger partial charge on any atom is -0.481 e. The molecule has 144 valence electrons. The summed E-state index contributed by atoms with van der Waals surface area (Å²) in [6.45, 7) is 2.62. The van der Waals surface area contributed by atoms with Crippen LogP contribution < -0.4 is 0 Å². The van der Waals surface area contributed by atoms with E-state index in [-0.39, 0.29) is 17.2 Å². The van der Waals surface area contributed by atoms with E-state index in [0.29, 0.717) is 19.5 Å². The van der Waals surface area contributed by atoms with Crippen LogP contribution in [0.2, 0.25) is 0 Å². The molecular weight excluding hydrogens is 369 g/mol. The highest BCUT2D eigenvalue weighted by molar-refractivity contribution is 7.89. The first kappa shape index (κ1) is 19.5. The Morgan fingerprint density at radius 1 is 1.22 bits per heavy atom. The van der Waals surface area contributed by atoms with Crippen LogP contribution in [0.1, 0.15) is 35.4 Å². The van der Waals surface area contributed by atoms with Crippen LogP contribution in [0.25, 0.3) is 0 Å². The van der Waals surface area contributed by atoms with E-state index < -0.39 is 21.8 Å². The minimum absolute atomic E-state index is 0.00196. The van der Waals surface area contributed by atoms with Crippen LogP contribution in [0.5, 0.6) is 0 Å². The van der Waals surface area contributed by atoms with Gasteiger partial charge in [0.25, 0.3) is 0 Å². The van der Waals surface area contributed by atoms with E-state index >= 15 is 0 Å². The molecule has 0 bridgehead atoms. The van der Waals surface area contributed by atoms with Gasteiger partial charge in [-0.2, -0.15) is 4.31 Å². The lowest BCUT2D eigenvalue weighted by Gasteiger charge is -2.32. The van der Waals surface area contributed by atoms with Crippen LogP contribution in [-0.2, 0) is 21.2 Å². The third-order valence-electron chi connectivity index (χ3n) is 5.02. The van der Waals surface area contributed by atoms with Crippen molar-refractivity contribution in [1.29, 1.82) is 0 Å². The normalized spacial score (nSPS) is 18.4. The number of piperidine rings is 1. The summed E-state index contributed by atoms with van der Waals surface area (Å²) in [5.74, 6) is -1.36. The second kappa shape index (κ2) is 7.78. The molecule has 27 heavy (non-hydrogen) atoms. The number of hydrogen-bond donors (Lipinski definition) is 1. The van der Waals surface area contributed by atoms with Gasteiger partial charge in [0, 0.05) is 13.1 Å². The Kier molecular flexibility index (Phi) is 5.62. The van der Waals surface area contributed by atoms with Crippen molar-refractivity contribution in [2.24, 2.45) is 0 Å². The Morgan fingerprint density at radius 2 is 1.93 bits per heavy atom. The molecule has 5 nitrogen and oxygen atoms in total. The highest BCUT2D eigenvalue weighted by atomic mass is 32.2. The van der Waals surface area contributed by atoms with Crippen molar-refractivity contribution in [3.05, 3.63) is 65.0 Å². The van der Waals surface area contributed by atoms with Crippen molar-refractivity contribution in [3.8, 4) is 0 Å². The molecule has 7 heteroatoms. The van der Waals surface area contributed by atoms with Crippen molar-refractivity contribution in [3.63, 3.8) is 0 Å². The van der Waals surface area contributed by atoms with Crippen LogP contribution in [0.3, 0.4) is 0 Å². The number of nitrogens with zero attached hydrogens (tertiary/aromatic N) is 1. The van der Waals surface area contributed by atoms with Crippen LogP contribution in [0, 0.1) is 12.7 Å². The molecule has 1 fully saturated rings. The fourth-order valence-electron chi connectivity index (χ4n) is 3.49. The molecular formula is C20H22FNO4S. The number of halogens is 1. The van der Waals surface area contributed by atoms with Gasteiger partial charge < -0.3 is 5.11 Å². The molecule has 1 aliphatic rings. The molecule has 2 aromatic carbocycles. The maximum absolute atomic E-state index is 13.1. The summed E-state index contributed by atoms with van der Waals surface area (Å²) in [4.78, 5) is 11.1. The Labute approximate surface area is 158 Å². The predicted molar refractivity (Wildman–Crippen MR) is 99.7 cm³/mol. The summed E-state index contributed by atoms with van der Waals surface area (Å²) in [5.41, 5.74) is 2.61. The number of carboxylic acids is 1. The standard InChI is InChI=1S/C20H22FNO4S/c1-14-4-5-15(11-17(14)12-20(23)24)16-3-2-10-22(13-16)27(25,26)19-8-6-18(21)7-9-19/h4-9,11,16H,2-3,10,12-13H2,1H3,(H,23,24). The second-order valence-corrected chi connectivity index (χ2v) is 8.85. The van der Waals surface area contributed by atoms with Gasteiger partial charge >= 0.3 is 5.97 Å². The number of benzene rings is 2. The topological polar surface area (TPSA) is 74.7 Å². The van der Waals surface area contributed by atoms with Gasteiger partial charge in [-0.05, 0) is 66.6 Å². The third kappa shape index (κ3) is 4.36. The Bertz CT molecular complexity index is 941. The molecule has 0 aliphatic carbocycles. The molecule has 1 atom stereocenters. The zero-order valence-corrected chi connectivity index (χ0v) is 15.9. The van der Waals surface area contributed by atoms with E-state index in [9.17, 15) is 17.6 Å². The van der Waals surface area contributed by atoms with Gasteiger partial charge in [-0.15, -0.1) is 0 Å². The van der Waals surface area contributed by atoms with Crippen molar-refractivity contribution >= 4 is 16.0 Å². The molecule has 0 amide bonds. The van der Waals surface area contributed by atoms with Crippen LogP contribution in [0.15, 0.2) is 47.4 Å². The quantitative estimate of drug-likeness (QED) is 0.848. The van der Waals surface area contributed by atoms with E-state index in [2.05, 4.69) is 0 Å². The SMILES string of the molecule is Cc1ccc(C2CCCN(S(=O)(=O)c3ccc(F)cc3)C2)cc1CC(=O)O. The lowest BCUT2D eigenvalue weighted by atomic mass is 9.89. The largest absolute Gasteiger partial charge is 0.481 e. The molecule has 2 aromatic rings. The number of carboxylic acid groups (broad SMARTS) is 1. The van der Waals surface area contributed by atoms with Crippen molar-refractivity contribution in [1.82, 2.24) is 4.31 Å². The zero-order valence-electron chi connectivity index (χ0n) is 15.1. The molecule has 3 rings (SSSR count). The average molecular weight is 391 g/mol. The van der Waals surface area contributed by atoms with Crippen LogP contribution in [0.4, 0.5) is 4.39 Å². The number of aliphatic carboxylic acids is 1. The fourth-order valence-corrected chi connectivity index (χ4v) is 5.01. The molecule has 0 spiro atoms. The Morgan fingerprint density at radius 3 is 2.59 bits per heavy atom. The predicted octanol–water partition coefficient (Wildman–Crippen LogP) is 3.33. The Balaban J connectivity index is 1.84. The van der Waals surface area contributed by atoms with Gasteiger partial charge in [-0.1, -0.05) is 18.2 Å². The maximum Gasteiger partial charge on any atom is 0.307 e. The van der Waals surface area contributed by atoms with Gasteiger partial charge in [-0.3, -0.25) is 4.79 Å². The molecule has 1 heterocycles. The lowest BCUT2D eigenvalue weighted by Crippen LogP contribution is -2.39. The molecule has 1 saturated heterocycles. The second-order valence-electron chi connectivity index (χ2n) is 6.91. The zero-order chi connectivity index (χ0) is 19.6. The summed E-state index contributed by atoms with van der Waals surface area (Å²) >= 11 is 0. The number of sulfonamides is 1. The third-order valence-corrected chi connectivity index (χ3v) is 6.90. The number of hydrogen-bond acceptors (Lipinski definition) is 3. The van der Waals surface area contributed by atoms with Gasteiger partial charge in [-0.25, -0.2) is 12.8 Å². The first-order valence-electron chi connectivity index (χ1n) is 8.84. The van der Waals surface area contributed by atoms with Crippen molar-refractivity contribution < 1.29 is 22.7 Å². The minimum atomic E-state index is -3.68. The fraction of sp³-hybridized carbons (Fsp3) is 0.350. The van der Waals surface area contributed by atoms with Gasteiger partial charge in [0.15, 0.2) is 0 Å². The average Bonchev–Trinajstić information content (AvgIpc) is 2.63. The van der Waals surface area contributed by atoms with E-state index in [1.165, 1.54) is 16.4 Å². The highest BCUT2D eigenvalue weighted by Gasteiger charge is 2.31. The van der Waals surface area contributed by atoms with Crippen molar-refractivity contribution in [2.45, 2.75) is 37.0 Å². The van der Waals surface area contributed by atoms with Crippen LogP contribution in [-0.4, -0.2) is 36.9 Å². The summed E-state index contributed by atoms with van der Waals surface area (Å²) in [6.07, 6.45) is 1.50. The monoisotopic (exact) mass is 391 g/mol. The number of rotatable bonds is 5. The first-order chi connectivity index (χ1) is 12.8. The molecule has 1 unspecified atom stereocenters.